The average Bonchev–Trinajstić information content (AvgIpc) is 2.47. The van der Waals surface area contributed by atoms with Crippen molar-refractivity contribution in [2.45, 2.75) is 19.4 Å². The largest absolute Gasteiger partial charge is 0.361 e. The van der Waals surface area contributed by atoms with Gasteiger partial charge in [0, 0.05) is 28.2 Å². The number of aromatic nitrogens is 1. The zero-order valence-corrected chi connectivity index (χ0v) is 10.0. The predicted molar refractivity (Wildman–Crippen MR) is 67.9 cm³/mol. The molecule has 0 spiro atoms. The van der Waals surface area contributed by atoms with E-state index < -0.39 is 0 Å². The van der Waals surface area contributed by atoms with E-state index in [-0.39, 0.29) is 18.4 Å². The van der Waals surface area contributed by atoms with Crippen LogP contribution < -0.4 is 5.73 Å². The Morgan fingerprint density at radius 1 is 1.47 bits per heavy atom. The normalized spacial score (nSPS) is 12.5. The maximum Gasteiger partial charge on any atom is 0.0457 e. The topological polar surface area (TPSA) is 41.8 Å². The number of hydrogen-bond acceptors (Lipinski definition) is 1. The van der Waals surface area contributed by atoms with Crippen LogP contribution in [0.5, 0.6) is 0 Å². The van der Waals surface area contributed by atoms with Crippen LogP contribution in [-0.4, -0.2) is 11.0 Å². The molecular weight excluding hydrogens is 231 g/mol. The number of rotatable bonds is 2. The van der Waals surface area contributed by atoms with Gasteiger partial charge in [-0.3, -0.25) is 0 Å². The molecule has 1 aromatic heterocycles. The molecule has 1 unspecified atom stereocenters. The van der Waals surface area contributed by atoms with Crippen LogP contribution in [0, 0.1) is 0 Å². The molecule has 3 N–H and O–H groups in total. The SMILES string of the molecule is CC(N)Cc1c[nH]c2ccc(Cl)cc12.Cl. The van der Waals surface area contributed by atoms with Crippen LogP contribution >= 0.6 is 24.0 Å². The van der Waals surface area contributed by atoms with Crippen LogP contribution in [0.4, 0.5) is 0 Å². The Kier molecular flexibility index (Phi) is 4.03. The minimum atomic E-state index is 0. The number of nitrogens with two attached hydrogens (primary N) is 1. The molecule has 0 radical (unpaired) electrons. The summed E-state index contributed by atoms with van der Waals surface area (Å²) in [6, 6.07) is 6.02. The second-order valence-electron chi connectivity index (χ2n) is 3.69. The van der Waals surface area contributed by atoms with E-state index >= 15 is 0 Å². The van der Waals surface area contributed by atoms with Gasteiger partial charge in [-0.15, -0.1) is 12.4 Å². The summed E-state index contributed by atoms with van der Waals surface area (Å²) in [5, 5.41) is 1.94. The lowest BCUT2D eigenvalue weighted by atomic mass is 10.1. The van der Waals surface area contributed by atoms with Gasteiger partial charge in [0.15, 0.2) is 0 Å². The summed E-state index contributed by atoms with van der Waals surface area (Å²) in [6.45, 7) is 2.00. The Bertz CT molecular complexity index is 449. The first kappa shape index (κ1) is 12.4. The van der Waals surface area contributed by atoms with Crippen LogP contribution in [0.15, 0.2) is 24.4 Å². The number of halogens is 2. The zero-order chi connectivity index (χ0) is 10.1. The summed E-state index contributed by atoms with van der Waals surface area (Å²) in [5.74, 6) is 0. The molecule has 0 bridgehead atoms. The second-order valence-corrected chi connectivity index (χ2v) is 4.12. The lowest BCUT2D eigenvalue weighted by Crippen LogP contribution is -2.17. The van der Waals surface area contributed by atoms with Crippen molar-refractivity contribution in [3.05, 3.63) is 35.0 Å². The third-order valence-corrected chi connectivity index (χ3v) is 2.51. The molecule has 0 fully saturated rings. The fourth-order valence-corrected chi connectivity index (χ4v) is 1.84. The first-order valence-electron chi connectivity index (χ1n) is 4.68. The quantitative estimate of drug-likeness (QED) is 0.838. The zero-order valence-electron chi connectivity index (χ0n) is 8.46. The van der Waals surface area contributed by atoms with Gasteiger partial charge in [-0.05, 0) is 37.1 Å². The summed E-state index contributed by atoms with van der Waals surface area (Å²) in [6.07, 6.45) is 2.88. The lowest BCUT2D eigenvalue weighted by molar-refractivity contribution is 0.741. The van der Waals surface area contributed by atoms with Gasteiger partial charge in [0.05, 0.1) is 0 Å². The minimum Gasteiger partial charge on any atom is -0.361 e. The van der Waals surface area contributed by atoms with E-state index in [9.17, 15) is 0 Å². The van der Waals surface area contributed by atoms with E-state index in [1.54, 1.807) is 0 Å². The third kappa shape index (κ3) is 2.65. The maximum absolute atomic E-state index is 5.94. The van der Waals surface area contributed by atoms with E-state index in [4.69, 9.17) is 17.3 Å². The molecular formula is C11H14Cl2N2. The van der Waals surface area contributed by atoms with Crippen molar-refractivity contribution in [3.63, 3.8) is 0 Å². The number of hydrogen-bond donors (Lipinski definition) is 2. The van der Waals surface area contributed by atoms with Crippen molar-refractivity contribution >= 4 is 34.9 Å². The maximum atomic E-state index is 5.94. The number of nitrogens with one attached hydrogen (secondary N) is 1. The van der Waals surface area contributed by atoms with E-state index in [0.29, 0.717) is 0 Å². The Morgan fingerprint density at radius 3 is 2.87 bits per heavy atom. The van der Waals surface area contributed by atoms with Crippen molar-refractivity contribution in [2.24, 2.45) is 5.73 Å². The second kappa shape index (κ2) is 4.88. The predicted octanol–water partition coefficient (Wildman–Crippen LogP) is 3.13. The van der Waals surface area contributed by atoms with E-state index in [0.717, 1.165) is 17.0 Å². The standard InChI is InChI=1S/C11H13ClN2.ClH/c1-7(13)4-8-6-14-11-3-2-9(12)5-10(8)11;/h2-3,5-7,14H,4,13H2,1H3;1H. The van der Waals surface area contributed by atoms with Crippen LogP contribution in [0.1, 0.15) is 12.5 Å². The summed E-state index contributed by atoms with van der Waals surface area (Å²) < 4.78 is 0. The highest BCUT2D eigenvalue weighted by atomic mass is 35.5. The molecule has 0 aliphatic rings. The molecule has 0 aliphatic heterocycles. The number of benzene rings is 1. The molecule has 1 aromatic carbocycles. The smallest absolute Gasteiger partial charge is 0.0457 e. The first-order valence-corrected chi connectivity index (χ1v) is 5.05. The van der Waals surface area contributed by atoms with Crippen LogP contribution in [0.3, 0.4) is 0 Å². The van der Waals surface area contributed by atoms with Gasteiger partial charge in [0.25, 0.3) is 0 Å². The molecule has 2 nitrogen and oxygen atoms in total. The summed E-state index contributed by atoms with van der Waals surface area (Å²) in [5.41, 5.74) is 8.12. The number of H-pyrrole nitrogens is 1. The monoisotopic (exact) mass is 244 g/mol. The fourth-order valence-electron chi connectivity index (χ4n) is 1.67. The Morgan fingerprint density at radius 2 is 2.20 bits per heavy atom. The molecule has 0 saturated heterocycles. The highest BCUT2D eigenvalue weighted by molar-refractivity contribution is 6.31. The van der Waals surface area contributed by atoms with Gasteiger partial charge in [-0.2, -0.15) is 0 Å². The van der Waals surface area contributed by atoms with Crippen LogP contribution in [0.25, 0.3) is 10.9 Å². The van der Waals surface area contributed by atoms with Gasteiger partial charge in [-0.1, -0.05) is 11.6 Å². The van der Waals surface area contributed by atoms with Gasteiger partial charge in [0.2, 0.25) is 0 Å². The Labute approximate surface area is 100 Å². The average molecular weight is 245 g/mol. The van der Waals surface area contributed by atoms with Crippen molar-refractivity contribution in [1.82, 2.24) is 4.98 Å². The Hall–Kier alpha value is -0.700. The molecule has 1 heterocycles. The van der Waals surface area contributed by atoms with E-state index in [1.165, 1.54) is 10.9 Å². The van der Waals surface area contributed by atoms with E-state index in [1.807, 2.05) is 31.3 Å². The van der Waals surface area contributed by atoms with Gasteiger partial charge < -0.3 is 10.7 Å². The van der Waals surface area contributed by atoms with Gasteiger partial charge >= 0.3 is 0 Å². The first-order chi connectivity index (χ1) is 6.66. The lowest BCUT2D eigenvalue weighted by Gasteiger charge is -2.02. The van der Waals surface area contributed by atoms with Crippen molar-refractivity contribution in [1.29, 1.82) is 0 Å². The number of fused-ring (bicyclic) bond motifs is 1. The van der Waals surface area contributed by atoms with Crippen LogP contribution in [0.2, 0.25) is 5.02 Å². The van der Waals surface area contributed by atoms with Crippen molar-refractivity contribution in [2.75, 3.05) is 0 Å². The molecule has 4 heteroatoms. The minimum absolute atomic E-state index is 0. The molecule has 0 aliphatic carbocycles. The van der Waals surface area contributed by atoms with Gasteiger partial charge in [-0.25, -0.2) is 0 Å². The van der Waals surface area contributed by atoms with E-state index in [2.05, 4.69) is 4.98 Å². The molecule has 82 valence electrons. The highest BCUT2D eigenvalue weighted by Crippen LogP contribution is 2.22. The molecule has 15 heavy (non-hydrogen) atoms. The molecule has 2 rings (SSSR count). The van der Waals surface area contributed by atoms with Gasteiger partial charge in [0.1, 0.15) is 0 Å². The summed E-state index contributed by atoms with van der Waals surface area (Å²) >= 11 is 5.94. The van der Waals surface area contributed by atoms with Crippen molar-refractivity contribution in [3.8, 4) is 0 Å². The molecule has 0 amide bonds. The van der Waals surface area contributed by atoms with Crippen molar-refractivity contribution < 1.29 is 0 Å². The molecule has 1 atom stereocenters. The summed E-state index contributed by atoms with van der Waals surface area (Å²) in [7, 11) is 0. The summed E-state index contributed by atoms with van der Waals surface area (Å²) in [4.78, 5) is 3.21. The Balaban J connectivity index is 0.00000112. The highest BCUT2D eigenvalue weighted by Gasteiger charge is 2.05. The van der Waals surface area contributed by atoms with Crippen LogP contribution in [-0.2, 0) is 6.42 Å². The molecule has 2 aromatic rings. The number of aromatic amines is 1. The third-order valence-electron chi connectivity index (χ3n) is 2.27. The molecule has 0 saturated carbocycles. The fraction of sp³-hybridized carbons (Fsp3) is 0.273.